The fraction of sp³-hybridized carbons (Fsp3) is 0.105. The first-order valence-corrected chi connectivity index (χ1v) is 8.90. The number of pyridine rings is 1. The average Bonchev–Trinajstić information content (AvgIpc) is 2.76. The smallest absolute Gasteiger partial charge is 0.339 e. The number of nitrogens with one attached hydrogen (secondary N) is 2. The predicted molar refractivity (Wildman–Crippen MR) is 111 cm³/mol. The number of rotatable bonds is 7. The van der Waals surface area contributed by atoms with E-state index in [2.05, 4.69) is 30.8 Å². The first-order valence-electron chi connectivity index (χ1n) is 8.53. The van der Waals surface area contributed by atoms with Crippen molar-refractivity contribution < 1.29 is 19.0 Å². The van der Waals surface area contributed by atoms with Crippen molar-refractivity contribution in [3.63, 3.8) is 0 Å². The van der Waals surface area contributed by atoms with Crippen LogP contribution in [-0.2, 0) is 0 Å². The molecule has 0 aliphatic carbocycles. The Kier molecular flexibility index (Phi) is 6.95. The molecule has 2 amide bonds. The maximum Gasteiger partial charge on any atom is 0.339 e. The number of anilines is 1. The number of amides is 2. The number of nitrogens with zero attached hydrogens (tertiary/aromatic N) is 4. The van der Waals surface area contributed by atoms with E-state index in [1.807, 2.05) is 0 Å². The topological polar surface area (TPSA) is 120 Å². The molecule has 0 aliphatic rings. The van der Waals surface area contributed by atoms with Crippen LogP contribution in [0.3, 0.4) is 0 Å². The van der Waals surface area contributed by atoms with Crippen LogP contribution in [0.25, 0.3) is 0 Å². The summed E-state index contributed by atoms with van der Waals surface area (Å²) in [5, 5.41) is 7.06. The first kappa shape index (κ1) is 20.8. The van der Waals surface area contributed by atoms with Gasteiger partial charge in [-0.05, 0) is 36.4 Å². The van der Waals surface area contributed by atoms with Crippen LogP contribution in [0.1, 0.15) is 5.69 Å². The second-order valence-electron chi connectivity index (χ2n) is 5.56. The predicted octanol–water partition coefficient (Wildman–Crippen LogP) is 3.49. The molecule has 0 aliphatic heterocycles. The third kappa shape index (κ3) is 5.79. The summed E-state index contributed by atoms with van der Waals surface area (Å²) in [6.07, 6.45) is 2.88. The molecule has 0 fully saturated rings. The van der Waals surface area contributed by atoms with Crippen molar-refractivity contribution in [1.29, 1.82) is 0 Å². The minimum Gasteiger partial charge on any atom is -0.481 e. The highest BCUT2D eigenvalue weighted by molar-refractivity contribution is 6.30. The van der Waals surface area contributed by atoms with Crippen LogP contribution >= 0.6 is 11.6 Å². The zero-order valence-corrected chi connectivity index (χ0v) is 16.8. The Hall–Kier alpha value is -3.92. The minimum absolute atomic E-state index is 0.00212. The fourth-order valence-corrected chi connectivity index (χ4v) is 2.29. The lowest BCUT2D eigenvalue weighted by molar-refractivity contribution is 0.252. The summed E-state index contributed by atoms with van der Waals surface area (Å²) in [4.78, 5) is 24.3. The molecule has 0 bridgehead atoms. The summed E-state index contributed by atoms with van der Waals surface area (Å²) in [7, 11) is 2.93. The lowest BCUT2D eigenvalue weighted by atomic mass is 10.3. The van der Waals surface area contributed by atoms with E-state index >= 15 is 0 Å². The number of hydrazone groups is 1. The van der Waals surface area contributed by atoms with Crippen LogP contribution in [0, 0.1) is 0 Å². The highest BCUT2D eigenvalue weighted by Gasteiger charge is 2.10. The summed E-state index contributed by atoms with van der Waals surface area (Å²) in [5.74, 6) is 0.865. The number of hydrogen-bond donors (Lipinski definition) is 2. The molecule has 2 aromatic heterocycles. The van der Waals surface area contributed by atoms with Crippen LogP contribution in [0.4, 0.5) is 10.5 Å². The first-order chi connectivity index (χ1) is 14.6. The molecular formula is C19H17ClN6O4. The van der Waals surface area contributed by atoms with Crippen molar-refractivity contribution in [1.82, 2.24) is 20.4 Å². The van der Waals surface area contributed by atoms with Gasteiger partial charge in [0.1, 0.15) is 5.69 Å². The van der Waals surface area contributed by atoms with E-state index in [9.17, 15) is 4.79 Å². The fourth-order valence-electron chi connectivity index (χ4n) is 2.17. The summed E-state index contributed by atoms with van der Waals surface area (Å²) in [6.45, 7) is 0. The van der Waals surface area contributed by atoms with Crippen LogP contribution in [0.5, 0.6) is 23.5 Å². The van der Waals surface area contributed by atoms with Gasteiger partial charge in [-0.25, -0.2) is 10.2 Å². The summed E-state index contributed by atoms with van der Waals surface area (Å²) < 4.78 is 15.9. The van der Waals surface area contributed by atoms with Crippen molar-refractivity contribution in [2.75, 3.05) is 19.5 Å². The second kappa shape index (κ2) is 10.0. The molecule has 10 nitrogen and oxygen atoms in total. The maximum atomic E-state index is 11.9. The number of methoxy groups -OCH3 is 2. The third-order valence-electron chi connectivity index (χ3n) is 3.53. The number of halogens is 1. The quantitative estimate of drug-likeness (QED) is 0.436. The molecule has 3 aromatic rings. The molecule has 0 saturated heterocycles. The summed E-state index contributed by atoms with van der Waals surface area (Å²) >= 11 is 5.81. The van der Waals surface area contributed by atoms with Gasteiger partial charge in [-0.1, -0.05) is 11.6 Å². The number of aromatic nitrogens is 3. The Morgan fingerprint density at radius 2 is 1.80 bits per heavy atom. The Bertz CT molecular complexity index is 1020. The Balaban J connectivity index is 1.67. The number of carbonyl (C=O) groups excluding carboxylic acids is 1. The third-order valence-corrected chi connectivity index (χ3v) is 3.78. The van der Waals surface area contributed by atoms with Gasteiger partial charge in [-0.3, -0.25) is 4.98 Å². The molecule has 30 heavy (non-hydrogen) atoms. The van der Waals surface area contributed by atoms with Gasteiger partial charge in [0.25, 0.3) is 0 Å². The van der Waals surface area contributed by atoms with Crippen molar-refractivity contribution in [2.45, 2.75) is 0 Å². The maximum absolute atomic E-state index is 11.9. The molecule has 3 rings (SSSR count). The van der Waals surface area contributed by atoms with Crippen LogP contribution in [0.2, 0.25) is 5.02 Å². The lowest BCUT2D eigenvalue weighted by Crippen LogP contribution is -2.24. The van der Waals surface area contributed by atoms with E-state index < -0.39 is 6.03 Å². The Morgan fingerprint density at radius 1 is 1.10 bits per heavy atom. The van der Waals surface area contributed by atoms with Gasteiger partial charge in [0.2, 0.25) is 11.8 Å². The number of urea groups is 1. The van der Waals surface area contributed by atoms with E-state index in [1.54, 1.807) is 42.6 Å². The minimum atomic E-state index is -0.534. The molecule has 2 N–H and O–H groups in total. The van der Waals surface area contributed by atoms with Gasteiger partial charge >= 0.3 is 12.0 Å². The van der Waals surface area contributed by atoms with Crippen molar-refractivity contribution in [3.8, 4) is 23.5 Å². The Morgan fingerprint density at radius 3 is 2.47 bits per heavy atom. The summed E-state index contributed by atoms with van der Waals surface area (Å²) in [6, 6.07) is 11.0. The molecular weight excluding hydrogens is 412 g/mol. The molecule has 1 aromatic carbocycles. The van der Waals surface area contributed by atoms with Crippen LogP contribution in [-0.4, -0.2) is 41.4 Å². The van der Waals surface area contributed by atoms with Gasteiger partial charge in [-0.15, -0.1) is 0 Å². The molecule has 0 atom stereocenters. The highest BCUT2D eigenvalue weighted by Crippen LogP contribution is 2.24. The highest BCUT2D eigenvalue weighted by atomic mass is 35.5. The zero-order valence-electron chi connectivity index (χ0n) is 16.0. The number of benzene rings is 1. The normalized spacial score (nSPS) is 10.5. The van der Waals surface area contributed by atoms with E-state index in [0.29, 0.717) is 22.2 Å². The number of ether oxygens (including phenoxy) is 3. The molecule has 0 unspecified atom stereocenters. The number of hydrogen-bond acceptors (Lipinski definition) is 8. The zero-order chi connectivity index (χ0) is 21.3. The molecule has 0 saturated carbocycles. The van der Waals surface area contributed by atoms with Crippen molar-refractivity contribution in [2.24, 2.45) is 5.10 Å². The molecule has 0 radical (unpaired) electrons. The van der Waals surface area contributed by atoms with Crippen LogP contribution in [0.15, 0.2) is 53.8 Å². The SMILES string of the molecule is COc1cc(OC)nc(Oc2cccnc2C=NNC(=O)Nc2ccc(Cl)cc2)n1. The van der Waals surface area contributed by atoms with Gasteiger partial charge in [0.05, 0.1) is 26.5 Å². The largest absolute Gasteiger partial charge is 0.481 e. The lowest BCUT2D eigenvalue weighted by Gasteiger charge is -2.08. The van der Waals surface area contributed by atoms with Crippen LogP contribution < -0.4 is 25.0 Å². The van der Waals surface area contributed by atoms with Gasteiger partial charge in [0, 0.05) is 16.9 Å². The molecule has 11 heteroatoms. The standard InChI is InChI=1S/C19H17ClN6O4/c1-28-16-10-17(29-2)25-19(24-16)30-15-4-3-9-21-14(15)11-22-26-18(27)23-13-7-5-12(20)6-8-13/h3-11H,1-2H3,(H2,23,26,27). The van der Waals surface area contributed by atoms with Crippen molar-refractivity contribution in [3.05, 3.63) is 59.4 Å². The van der Waals surface area contributed by atoms with E-state index in [0.717, 1.165) is 0 Å². The monoisotopic (exact) mass is 428 g/mol. The van der Waals surface area contributed by atoms with E-state index in [-0.39, 0.29) is 17.8 Å². The Labute approximate surface area is 176 Å². The van der Waals surface area contributed by atoms with Gasteiger partial charge in [0.15, 0.2) is 5.75 Å². The van der Waals surface area contributed by atoms with Gasteiger partial charge in [-0.2, -0.15) is 15.1 Å². The van der Waals surface area contributed by atoms with E-state index in [4.69, 9.17) is 25.8 Å². The molecule has 2 heterocycles. The van der Waals surface area contributed by atoms with Crippen molar-refractivity contribution >= 4 is 29.5 Å². The molecule has 154 valence electrons. The molecule has 0 spiro atoms. The average molecular weight is 429 g/mol. The second-order valence-corrected chi connectivity index (χ2v) is 5.99. The summed E-state index contributed by atoms with van der Waals surface area (Å²) in [5.41, 5.74) is 3.25. The number of carbonyl (C=O) groups is 1. The van der Waals surface area contributed by atoms with Gasteiger partial charge < -0.3 is 19.5 Å². The van der Waals surface area contributed by atoms with E-state index in [1.165, 1.54) is 26.5 Å².